The maximum Gasteiger partial charge on any atom is 0.191 e. The van der Waals surface area contributed by atoms with E-state index in [-0.39, 0.29) is 0 Å². The lowest BCUT2D eigenvalue weighted by atomic mass is 10.2. The lowest BCUT2D eigenvalue weighted by Crippen LogP contribution is -2.46. The first kappa shape index (κ1) is 18.3. The van der Waals surface area contributed by atoms with Gasteiger partial charge in [0.15, 0.2) is 5.96 Å². The van der Waals surface area contributed by atoms with Gasteiger partial charge in [-0.15, -0.1) is 0 Å². The average molecular weight is 356 g/mol. The van der Waals surface area contributed by atoms with Gasteiger partial charge in [0.1, 0.15) is 11.6 Å². The molecule has 0 atom stereocenters. The molecule has 1 aliphatic rings. The van der Waals surface area contributed by atoms with Crippen molar-refractivity contribution in [3.63, 3.8) is 0 Å². The Hall–Kier alpha value is -2.54. The Bertz CT molecular complexity index is 675. The Morgan fingerprint density at radius 2 is 1.96 bits per heavy atom. The number of guanidine groups is 1. The summed E-state index contributed by atoms with van der Waals surface area (Å²) in [6.07, 6.45) is 3.61. The third-order valence-electron chi connectivity index (χ3n) is 4.65. The number of piperazine rings is 1. The maximum absolute atomic E-state index is 5.31. The second kappa shape index (κ2) is 9.24. The Morgan fingerprint density at radius 1 is 1.15 bits per heavy atom. The minimum absolute atomic E-state index is 0.605. The predicted molar refractivity (Wildman–Crippen MR) is 104 cm³/mol. The number of aromatic nitrogens is 1. The van der Waals surface area contributed by atoms with Crippen LogP contribution in [0.15, 0.2) is 46.1 Å². The van der Waals surface area contributed by atoms with Gasteiger partial charge in [0, 0.05) is 46.0 Å². The molecule has 2 aromatic rings. The fraction of sp³-hybridized carbons (Fsp3) is 0.474. The molecule has 0 bridgehead atoms. The number of pyridine rings is 1. The highest BCUT2D eigenvalue weighted by Gasteiger charge is 2.16. The van der Waals surface area contributed by atoms with Crippen LogP contribution in [-0.2, 0) is 13.1 Å². The molecule has 0 spiro atoms. The Morgan fingerprint density at radius 3 is 2.58 bits per heavy atom. The van der Waals surface area contributed by atoms with Gasteiger partial charge in [-0.2, -0.15) is 0 Å². The van der Waals surface area contributed by atoms with Crippen LogP contribution in [0.2, 0.25) is 0 Å². The largest absolute Gasteiger partial charge is 0.467 e. The molecule has 2 aromatic heterocycles. The second-order valence-corrected chi connectivity index (χ2v) is 6.30. The van der Waals surface area contributed by atoms with Gasteiger partial charge in [0.2, 0.25) is 0 Å². The highest BCUT2D eigenvalue weighted by Crippen LogP contribution is 2.14. The molecule has 1 fully saturated rings. The normalized spacial score (nSPS) is 15.9. The van der Waals surface area contributed by atoms with E-state index in [0.29, 0.717) is 13.1 Å². The van der Waals surface area contributed by atoms with Crippen LogP contribution in [0, 0.1) is 0 Å². The van der Waals surface area contributed by atoms with E-state index in [2.05, 4.69) is 49.5 Å². The first-order chi connectivity index (χ1) is 12.8. The first-order valence-electron chi connectivity index (χ1n) is 9.17. The van der Waals surface area contributed by atoms with Gasteiger partial charge in [-0.3, -0.25) is 4.99 Å². The molecular formula is C19H28N6O. The van der Waals surface area contributed by atoms with E-state index < -0.39 is 0 Å². The number of nitrogens with one attached hydrogen (secondary N) is 2. The van der Waals surface area contributed by atoms with Crippen LogP contribution in [-0.4, -0.2) is 55.6 Å². The van der Waals surface area contributed by atoms with Gasteiger partial charge < -0.3 is 24.9 Å². The fourth-order valence-corrected chi connectivity index (χ4v) is 2.99. The van der Waals surface area contributed by atoms with Crippen molar-refractivity contribution in [3.05, 3.63) is 48.0 Å². The first-order valence-corrected chi connectivity index (χ1v) is 9.17. The number of hydrogen-bond acceptors (Lipinski definition) is 5. The molecule has 3 rings (SSSR count). The maximum atomic E-state index is 5.31. The quantitative estimate of drug-likeness (QED) is 0.606. The van der Waals surface area contributed by atoms with Gasteiger partial charge in [-0.1, -0.05) is 13.0 Å². The molecule has 0 aliphatic carbocycles. The number of anilines is 1. The van der Waals surface area contributed by atoms with Crippen LogP contribution < -0.4 is 15.5 Å². The van der Waals surface area contributed by atoms with Crippen LogP contribution in [0.4, 0.5) is 5.82 Å². The van der Waals surface area contributed by atoms with Crippen LogP contribution in [0.3, 0.4) is 0 Å². The van der Waals surface area contributed by atoms with Crippen molar-refractivity contribution < 1.29 is 4.42 Å². The molecule has 0 amide bonds. The number of furan rings is 1. The summed E-state index contributed by atoms with van der Waals surface area (Å²) in [4.78, 5) is 13.7. The molecule has 140 valence electrons. The molecule has 3 heterocycles. The highest BCUT2D eigenvalue weighted by atomic mass is 16.3. The van der Waals surface area contributed by atoms with Crippen molar-refractivity contribution in [2.45, 2.75) is 20.0 Å². The third kappa shape index (κ3) is 4.98. The zero-order valence-electron chi connectivity index (χ0n) is 15.6. The molecule has 0 aromatic carbocycles. The van der Waals surface area contributed by atoms with Crippen molar-refractivity contribution in [2.75, 3.05) is 44.7 Å². The number of rotatable bonds is 6. The van der Waals surface area contributed by atoms with Gasteiger partial charge in [0.05, 0.1) is 12.8 Å². The van der Waals surface area contributed by atoms with Crippen LogP contribution >= 0.6 is 0 Å². The summed E-state index contributed by atoms with van der Waals surface area (Å²) in [5.74, 6) is 2.67. The number of nitrogens with zero attached hydrogens (tertiary/aromatic N) is 4. The molecule has 1 saturated heterocycles. The third-order valence-corrected chi connectivity index (χ3v) is 4.65. The molecule has 2 N–H and O–H groups in total. The standard InChI is InChI=1S/C19H28N6O/c1-3-24-8-10-25(11-9-24)18-7-6-16(13-21-18)14-22-19(20-2)23-15-17-5-4-12-26-17/h4-7,12-13H,3,8-11,14-15H2,1-2H3,(H2,20,22,23). The Kier molecular flexibility index (Phi) is 6.49. The molecule has 26 heavy (non-hydrogen) atoms. The lowest BCUT2D eigenvalue weighted by Gasteiger charge is -2.34. The van der Waals surface area contributed by atoms with Crippen LogP contribution in [0.1, 0.15) is 18.2 Å². The van der Waals surface area contributed by atoms with Crippen molar-refractivity contribution >= 4 is 11.8 Å². The molecule has 1 aliphatic heterocycles. The lowest BCUT2D eigenvalue weighted by molar-refractivity contribution is 0.270. The summed E-state index contributed by atoms with van der Waals surface area (Å²) in [5.41, 5.74) is 1.13. The van der Waals surface area contributed by atoms with E-state index in [1.54, 1.807) is 13.3 Å². The smallest absolute Gasteiger partial charge is 0.191 e. The number of aliphatic imine (C=N–C) groups is 1. The van der Waals surface area contributed by atoms with E-state index >= 15 is 0 Å². The van der Waals surface area contributed by atoms with E-state index in [4.69, 9.17) is 4.42 Å². The Balaban J connectivity index is 1.46. The predicted octanol–water partition coefficient (Wildman–Crippen LogP) is 1.68. The van der Waals surface area contributed by atoms with Gasteiger partial charge >= 0.3 is 0 Å². The molecule has 0 unspecified atom stereocenters. The van der Waals surface area contributed by atoms with Crippen LogP contribution in [0.5, 0.6) is 0 Å². The SMILES string of the molecule is CCN1CCN(c2ccc(CNC(=NC)NCc3ccco3)cn2)CC1. The van der Waals surface area contributed by atoms with Gasteiger partial charge in [0.25, 0.3) is 0 Å². The van der Waals surface area contributed by atoms with Crippen molar-refractivity contribution in [1.29, 1.82) is 0 Å². The monoisotopic (exact) mass is 356 g/mol. The minimum Gasteiger partial charge on any atom is -0.467 e. The molecule has 7 heteroatoms. The topological polar surface area (TPSA) is 68.9 Å². The van der Waals surface area contributed by atoms with E-state index in [0.717, 1.165) is 55.8 Å². The number of hydrogen-bond donors (Lipinski definition) is 2. The summed E-state index contributed by atoms with van der Waals surface area (Å²) in [5, 5.41) is 6.52. The summed E-state index contributed by atoms with van der Waals surface area (Å²) in [7, 11) is 1.76. The second-order valence-electron chi connectivity index (χ2n) is 6.30. The van der Waals surface area contributed by atoms with Gasteiger partial charge in [-0.05, 0) is 30.3 Å². The molecular weight excluding hydrogens is 328 g/mol. The fourth-order valence-electron chi connectivity index (χ4n) is 2.99. The summed E-state index contributed by atoms with van der Waals surface area (Å²) in [6.45, 7) is 8.93. The van der Waals surface area contributed by atoms with E-state index in [1.807, 2.05) is 18.3 Å². The summed E-state index contributed by atoms with van der Waals surface area (Å²) < 4.78 is 5.31. The summed E-state index contributed by atoms with van der Waals surface area (Å²) >= 11 is 0. The van der Waals surface area contributed by atoms with Crippen LogP contribution in [0.25, 0.3) is 0 Å². The van der Waals surface area contributed by atoms with E-state index in [1.165, 1.54) is 0 Å². The van der Waals surface area contributed by atoms with Crippen molar-refractivity contribution in [1.82, 2.24) is 20.5 Å². The Labute approximate surface area is 155 Å². The average Bonchev–Trinajstić information content (AvgIpc) is 3.22. The van der Waals surface area contributed by atoms with Gasteiger partial charge in [-0.25, -0.2) is 4.98 Å². The molecule has 0 radical (unpaired) electrons. The van der Waals surface area contributed by atoms with E-state index in [9.17, 15) is 0 Å². The highest BCUT2D eigenvalue weighted by molar-refractivity contribution is 5.79. The minimum atomic E-state index is 0.605. The van der Waals surface area contributed by atoms with Crippen molar-refractivity contribution in [3.8, 4) is 0 Å². The molecule has 7 nitrogen and oxygen atoms in total. The number of likely N-dealkylation sites (N-methyl/N-ethyl adjacent to an activating group) is 1. The summed E-state index contributed by atoms with van der Waals surface area (Å²) in [6, 6.07) is 8.05. The van der Waals surface area contributed by atoms with Crippen molar-refractivity contribution in [2.24, 2.45) is 4.99 Å². The zero-order valence-corrected chi connectivity index (χ0v) is 15.6. The molecule has 0 saturated carbocycles. The zero-order chi connectivity index (χ0) is 18.2.